The number of rotatable bonds is 7. The Bertz CT molecular complexity index is 1220. The zero-order valence-electron chi connectivity index (χ0n) is 18.4. The van der Waals surface area contributed by atoms with Gasteiger partial charge in [-0.2, -0.15) is 0 Å². The Morgan fingerprint density at radius 3 is 1.82 bits per heavy atom. The van der Waals surface area contributed by atoms with Crippen LogP contribution < -0.4 is 18.9 Å². The molecule has 0 N–H and O–H groups in total. The Labute approximate surface area is 191 Å². The van der Waals surface area contributed by atoms with E-state index in [0.29, 0.717) is 22.9 Å². The van der Waals surface area contributed by atoms with Crippen molar-refractivity contribution < 1.29 is 23.7 Å². The fourth-order valence-corrected chi connectivity index (χ4v) is 3.35. The van der Waals surface area contributed by atoms with Gasteiger partial charge in [0.25, 0.3) is 0 Å². The van der Waals surface area contributed by atoms with Crippen LogP contribution in [0, 0.1) is 0 Å². The van der Waals surface area contributed by atoms with E-state index in [1.54, 1.807) is 12.1 Å². The first-order valence-electron chi connectivity index (χ1n) is 10.1. The van der Waals surface area contributed by atoms with Gasteiger partial charge in [0.1, 0.15) is 0 Å². The first kappa shape index (κ1) is 21.8. The second kappa shape index (κ2) is 9.82. The van der Waals surface area contributed by atoms with Gasteiger partial charge in [-0.25, -0.2) is 4.79 Å². The molecule has 0 unspecified atom stereocenters. The van der Waals surface area contributed by atoms with Gasteiger partial charge in [0.2, 0.25) is 11.6 Å². The third-order valence-electron chi connectivity index (χ3n) is 5.03. The van der Waals surface area contributed by atoms with Crippen LogP contribution in [-0.2, 0) is 0 Å². The van der Waals surface area contributed by atoms with E-state index in [9.17, 15) is 4.79 Å². The Morgan fingerprint density at radius 2 is 1.27 bits per heavy atom. The van der Waals surface area contributed by atoms with Crippen molar-refractivity contribution >= 4 is 5.97 Å². The van der Waals surface area contributed by atoms with Gasteiger partial charge < -0.3 is 18.9 Å². The van der Waals surface area contributed by atoms with Gasteiger partial charge in [0.05, 0.1) is 32.6 Å². The van der Waals surface area contributed by atoms with Gasteiger partial charge in [-0.1, -0.05) is 54.6 Å². The minimum Gasteiger partial charge on any atom is -0.493 e. The monoisotopic (exact) mass is 442 g/mol. The highest BCUT2D eigenvalue weighted by Crippen LogP contribution is 2.38. The molecule has 0 aliphatic carbocycles. The Kier molecular flexibility index (Phi) is 6.50. The largest absolute Gasteiger partial charge is 0.493 e. The zero-order chi connectivity index (χ0) is 23.2. The third kappa shape index (κ3) is 4.77. The molecule has 0 aliphatic rings. The minimum atomic E-state index is -0.622. The summed E-state index contributed by atoms with van der Waals surface area (Å²) in [5, 5.41) is 8.24. The van der Waals surface area contributed by atoms with Crippen molar-refractivity contribution in [1.82, 2.24) is 10.2 Å². The lowest BCUT2D eigenvalue weighted by Gasteiger charge is -2.13. The molecule has 0 bridgehead atoms. The normalized spacial score (nSPS) is 10.4. The Balaban J connectivity index is 1.49. The SMILES string of the molecule is COc1cc(C(=O)Oc2ccc(-c3ccc(-c4ccccc4)cc3)nn2)cc(OC)c1OC. The lowest BCUT2D eigenvalue weighted by atomic mass is 10.0. The third-order valence-corrected chi connectivity index (χ3v) is 5.03. The molecule has 4 aromatic rings. The summed E-state index contributed by atoms with van der Waals surface area (Å²) in [6.45, 7) is 0. The van der Waals surface area contributed by atoms with Gasteiger partial charge in [0, 0.05) is 11.6 Å². The van der Waals surface area contributed by atoms with Crippen LogP contribution in [0.15, 0.2) is 78.9 Å². The molecular weight excluding hydrogens is 420 g/mol. The second-order valence-electron chi connectivity index (χ2n) is 7.00. The Morgan fingerprint density at radius 1 is 0.667 bits per heavy atom. The van der Waals surface area contributed by atoms with Gasteiger partial charge in [-0.05, 0) is 29.3 Å². The molecule has 0 fully saturated rings. The highest BCUT2D eigenvalue weighted by Gasteiger charge is 2.19. The van der Waals surface area contributed by atoms with Gasteiger partial charge in [-0.15, -0.1) is 10.2 Å². The second-order valence-corrected chi connectivity index (χ2v) is 7.00. The smallest absolute Gasteiger partial charge is 0.345 e. The molecule has 0 amide bonds. The number of methoxy groups -OCH3 is 3. The van der Waals surface area contributed by atoms with Crippen molar-refractivity contribution in [2.75, 3.05) is 21.3 Å². The summed E-state index contributed by atoms with van der Waals surface area (Å²) in [5.74, 6) is 0.550. The summed E-state index contributed by atoms with van der Waals surface area (Å²) >= 11 is 0. The van der Waals surface area contributed by atoms with Crippen LogP contribution >= 0.6 is 0 Å². The fourth-order valence-electron chi connectivity index (χ4n) is 3.35. The number of benzene rings is 3. The number of ether oxygens (including phenoxy) is 4. The number of hydrogen-bond donors (Lipinski definition) is 0. The van der Waals surface area contributed by atoms with Crippen molar-refractivity contribution in [3.05, 3.63) is 84.4 Å². The first-order chi connectivity index (χ1) is 16.1. The number of carbonyl (C=O) groups excluding carboxylic acids is 1. The van der Waals surface area contributed by atoms with E-state index >= 15 is 0 Å². The van der Waals surface area contributed by atoms with Crippen LogP contribution in [0.1, 0.15) is 10.4 Å². The molecule has 1 aromatic heterocycles. The topological polar surface area (TPSA) is 79.8 Å². The molecule has 166 valence electrons. The molecule has 0 radical (unpaired) electrons. The number of aromatic nitrogens is 2. The first-order valence-corrected chi connectivity index (χ1v) is 10.1. The predicted molar refractivity (Wildman–Crippen MR) is 124 cm³/mol. The fraction of sp³-hybridized carbons (Fsp3) is 0.115. The van der Waals surface area contributed by atoms with E-state index in [-0.39, 0.29) is 11.4 Å². The van der Waals surface area contributed by atoms with E-state index in [2.05, 4.69) is 22.3 Å². The van der Waals surface area contributed by atoms with Crippen molar-refractivity contribution in [3.63, 3.8) is 0 Å². The van der Waals surface area contributed by atoms with Crippen LogP contribution in [0.5, 0.6) is 23.1 Å². The molecule has 0 atom stereocenters. The van der Waals surface area contributed by atoms with Crippen LogP contribution in [0.25, 0.3) is 22.4 Å². The zero-order valence-corrected chi connectivity index (χ0v) is 18.4. The summed E-state index contributed by atoms with van der Waals surface area (Å²) < 4.78 is 21.2. The number of carbonyl (C=O) groups is 1. The molecule has 7 heteroatoms. The molecule has 7 nitrogen and oxygen atoms in total. The van der Waals surface area contributed by atoms with Crippen LogP contribution in [0.2, 0.25) is 0 Å². The average Bonchev–Trinajstić information content (AvgIpc) is 2.88. The van der Waals surface area contributed by atoms with Crippen molar-refractivity contribution in [2.24, 2.45) is 0 Å². The van der Waals surface area contributed by atoms with Gasteiger partial charge >= 0.3 is 5.97 Å². The average molecular weight is 442 g/mol. The minimum absolute atomic E-state index is 0.0819. The van der Waals surface area contributed by atoms with Crippen LogP contribution in [-0.4, -0.2) is 37.5 Å². The molecule has 4 rings (SSSR count). The summed E-state index contributed by atoms with van der Waals surface area (Å²) in [7, 11) is 4.44. The number of nitrogens with zero attached hydrogens (tertiary/aromatic N) is 2. The molecular formula is C26H22N2O5. The maximum Gasteiger partial charge on any atom is 0.345 e. The van der Waals surface area contributed by atoms with Gasteiger partial charge in [-0.3, -0.25) is 0 Å². The van der Waals surface area contributed by atoms with Crippen LogP contribution in [0.3, 0.4) is 0 Å². The Hall–Kier alpha value is -4.39. The van der Waals surface area contributed by atoms with E-state index in [4.69, 9.17) is 18.9 Å². The summed E-state index contributed by atoms with van der Waals surface area (Å²) in [6.07, 6.45) is 0. The van der Waals surface area contributed by atoms with Crippen molar-refractivity contribution in [3.8, 4) is 45.5 Å². The highest BCUT2D eigenvalue weighted by molar-refractivity contribution is 5.92. The van der Waals surface area contributed by atoms with Crippen LogP contribution in [0.4, 0.5) is 0 Å². The molecule has 0 saturated heterocycles. The molecule has 0 aliphatic heterocycles. The molecule has 0 spiro atoms. The number of esters is 1. The summed E-state index contributed by atoms with van der Waals surface area (Å²) in [5.41, 5.74) is 4.06. The van der Waals surface area contributed by atoms with Gasteiger partial charge in [0.15, 0.2) is 11.5 Å². The van der Waals surface area contributed by atoms with E-state index < -0.39 is 5.97 Å². The lowest BCUT2D eigenvalue weighted by molar-refractivity contribution is 0.0725. The van der Waals surface area contributed by atoms with Crippen molar-refractivity contribution in [2.45, 2.75) is 0 Å². The lowest BCUT2D eigenvalue weighted by Crippen LogP contribution is -2.11. The van der Waals surface area contributed by atoms with E-state index in [1.807, 2.05) is 42.5 Å². The van der Waals surface area contributed by atoms with Crippen molar-refractivity contribution in [1.29, 1.82) is 0 Å². The standard InChI is InChI=1S/C26H22N2O5/c1-30-22-15-20(16-23(31-2)25(22)32-3)26(29)33-24-14-13-21(27-28-24)19-11-9-18(10-12-19)17-7-5-4-6-8-17/h4-16H,1-3H3. The summed E-state index contributed by atoms with van der Waals surface area (Å²) in [6, 6.07) is 24.5. The number of hydrogen-bond acceptors (Lipinski definition) is 7. The molecule has 0 saturated carbocycles. The molecule has 1 heterocycles. The maximum atomic E-state index is 12.6. The predicted octanol–water partition coefficient (Wildman–Crippen LogP) is 5.06. The molecule has 3 aromatic carbocycles. The maximum absolute atomic E-state index is 12.6. The highest BCUT2D eigenvalue weighted by atomic mass is 16.5. The molecule has 33 heavy (non-hydrogen) atoms. The summed E-state index contributed by atoms with van der Waals surface area (Å²) in [4.78, 5) is 12.6. The quantitative estimate of drug-likeness (QED) is 0.370. The van der Waals surface area contributed by atoms with E-state index in [0.717, 1.165) is 16.7 Å². The van der Waals surface area contributed by atoms with E-state index in [1.165, 1.54) is 33.5 Å².